The number of nitrogens with zero attached hydrogens (tertiary/aromatic N) is 2. The highest BCUT2D eigenvalue weighted by Gasteiger charge is 2.16. The van der Waals surface area contributed by atoms with Crippen LogP contribution in [0.25, 0.3) is 0 Å². The molecule has 1 atom stereocenters. The SMILES string of the molecule is Cc1cc(C(C)NC(=O)c2ncn[nH]2)c(C)s1. The largest absolute Gasteiger partial charge is 0.343 e. The van der Waals surface area contributed by atoms with Crippen LogP contribution in [-0.4, -0.2) is 21.1 Å². The molecule has 6 heteroatoms. The highest BCUT2D eigenvalue weighted by Crippen LogP contribution is 2.26. The molecule has 0 aliphatic rings. The topological polar surface area (TPSA) is 70.7 Å². The van der Waals surface area contributed by atoms with Gasteiger partial charge in [-0.3, -0.25) is 9.89 Å². The van der Waals surface area contributed by atoms with Crippen LogP contribution >= 0.6 is 11.3 Å². The minimum absolute atomic E-state index is 0.0300. The Morgan fingerprint density at radius 2 is 2.29 bits per heavy atom. The Morgan fingerprint density at radius 1 is 1.53 bits per heavy atom. The minimum Gasteiger partial charge on any atom is -0.343 e. The third kappa shape index (κ3) is 2.52. The van der Waals surface area contributed by atoms with Crippen molar-refractivity contribution in [3.8, 4) is 0 Å². The number of nitrogens with one attached hydrogen (secondary N) is 2. The van der Waals surface area contributed by atoms with Crippen LogP contribution in [-0.2, 0) is 0 Å². The van der Waals surface area contributed by atoms with Crippen LogP contribution < -0.4 is 5.32 Å². The van der Waals surface area contributed by atoms with E-state index in [2.05, 4.69) is 40.4 Å². The Balaban J connectivity index is 2.09. The standard InChI is InChI=1S/C11H14N4OS/c1-6-4-9(8(3)17-6)7(2)14-11(16)10-12-5-13-15-10/h4-5,7H,1-3H3,(H,14,16)(H,12,13,15). The van der Waals surface area contributed by atoms with Gasteiger partial charge in [-0.05, 0) is 32.4 Å². The second-order valence-corrected chi connectivity index (χ2v) is 5.36. The zero-order valence-electron chi connectivity index (χ0n) is 9.94. The van der Waals surface area contributed by atoms with Gasteiger partial charge in [0.25, 0.3) is 5.91 Å². The summed E-state index contributed by atoms with van der Waals surface area (Å²) in [7, 11) is 0. The van der Waals surface area contributed by atoms with Crippen LogP contribution in [0.1, 0.15) is 38.9 Å². The summed E-state index contributed by atoms with van der Waals surface area (Å²) in [5.74, 6) is -0.000271. The van der Waals surface area contributed by atoms with Crippen LogP contribution in [0.15, 0.2) is 12.4 Å². The van der Waals surface area contributed by atoms with E-state index in [1.54, 1.807) is 11.3 Å². The average Bonchev–Trinajstić information content (AvgIpc) is 2.87. The number of carbonyl (C=O) groups is 1. The first kappa shape index (κ1) is 11.8. The number of hydrogen-bond acceptors (Lipinski definition) is 4. The van der Waals surface area contributed by atoms with E-state index in [4.69, 9.17) is 0 Å². The lowest BCUT2D eigenvalue weighted by molar-refractivity contribution is 0.0930. The van der Waals surface area contributed by atoms with Gasteiger partial charge in [-0.1, -0.05) is 0 Å². The molecule has 90 valence electrons. The van der Waals surface area contributed by atoms with Gasteiger partial charge < -0.3 is 5.32 Å². The number of H-pyrrole nitrogens is 1. The smallest absolute Gasteiger partial charge is 0.289 e. The molecular weight excluding hydrogens is 236 g/mol. The fraction of sp³-hybridized carbons (Fsp3) is 0.364. The second-order valence-electron chi connectivity index (χ2n) is 3.90. The van der Waals surface area contributed by atoms with E-state index in [-0.39, 0.29) is 17.8 Å². The quantitative estimate of drug-likeness (QED) is 0.875. The van der Waals surface area contributed by atoms with Crippen molar-refractivity contribution < 1.29 is 4.79 Å². The van der Waals surface area contributed by atoms with Crippen molar-refractivity contribution in [2.45, 2.75) is 26.8 Å². The molecule has 2 N–H and O–H groups in total. The molecule has 0 saturated heterocycles. The Kier molecular flexibility index (Phi) is 3.23. The van der Waals surface area contributed by atoms with Gasteiger partial charge >= 0.3 is 0 Å². The van der Waals surface area contributed by atoms with Gasteiger partial charge in [0, 0.05) is 9.75 Å². The zero-order chi connectivity index (χ0) is 12.4. The molecule has 0 bridgehead atoms. The van der Waals surface area contributed by atoms with E-state index in [0.717, 1.165) is 5.56 Å². The number of aromatic amines is 1. The van der Waals surface area contributed by atoms with E-state index in [1.165, 1.54) is 16.1 Å². The summed E-state index contributed by atoms with van der Waals surface area (Å²) in [6, 6.07) is 2.07. The van der Waals surface area contributed by atoms with Crippen molar-refractivity contribution in [1.82, 2.24) is 20.5 Å². The number of aryl methyl sites for hydroxylation is 2. The van der Waals surface area contributed by atoms with Gasteiger partial charge in [0.2, 0.25) is 5.82 Å². The maximum atomic E-state index is 11.8. The Morgan fingerprint density at radius 3 is 2.82 bits per heavy atom. The zero-order valence-corrected chi connectivity index (χ0v) is 10.8. The van der Waals surface area contributed by atoms with Crippen LogP contribution in [0, 0.1) is 13.8 Å². The van der Waals surface area contributed by atoms with Crippen molar-refractivity contribution in [3.05, 3.63) is 33.5 Å². The fourth-order valence-electron chi connectivity index (χ4n) is 1.74. The summed E-state index contributed by atoms with van der Waals surface area (Å²) in [5.41, 5.74) is 1.15. The molecule has 2 heterocycles. The summed E-state index contributed by atoms with van der Waals surface area (Å²) in [5, 5.41) is 9.08. The molecule has 0 radical (unpaired) electrons. The molecule has 5 nitrogen and oxygen atoms in total. The third-order valence-electron chi connectivity index (χ3n) is 2.52. The van der Waals surface area contributed by atoms with Crippen LogP contribution in [0.4, 0.5) is 0 Å². The molecular formula is C11H14N4OS. The lowest BCUT2D eigenvalue weighted by Crippen LogP contribution is -2.27. The highest BCUT2D eigenvalue weighted by molar-refractivity contribution is 7.12. The van der Waals surface area contributed by atoms with Crippen LogP contribution in [0.5, 0.6) is 0 Å². The van der Waals surface area contributed by atoms with Crippen molar-refractivity contribution in [1.29, 1.82) is 0 Å². The maximum absolute atomic E-state index is 11.8. The Hall–Kier alpha value is -1.69. The van der Waals surface area contributed by atoms with E-state index in [9.17, 15) is 4.79 Å². The molecule has 0 aliphatic heterocycles. The molecule has 0 saturated carbocycles. The van der Waals surface area contributed by atoms with E-state index < -0.39 is 0 Å². The lowest BCUT2D eigenvalue weighted by Gasteiger charge is -2.12. The van der Waals surface area contributed by atoms with Gasteiger partial charge in [-0.2, -0.15) is 5.10 Å². The normalized spacial score (nSPS) is 12.4. The number of carbonyl (C=O) groups excluding carboxylic acids is 1. The second kappa shape index (κ2) is 4.67. The van der Waals surface area contributed by atoms with Crippen molar-refractivity contribution in [2.24, 2.45) is 0 Å². The van der Waals surface area contributed by atoms with Crippen molar-refractivity contribution >= 4 is 17.2 Å². The molecule has 2 rings (SSSR count). The molecule has 1 unspecified atom stereocenters. The Bertz CT molecular complexity index is 518. The molecule has 2 aromatic heterocycles. The van der Waals surface area contributed by atoms with Gasteiger partial charge in [-0.15, -0.1) is 11.3 Å². The molecule has 17 heavy (non-hydrogen) atoms. The van der Waals surface area contributed by atoms with Crippen LogP contribution in [0.2, 0.25) is 0 Å². The van der Waals surface area contributed by atoms with Crippen LogP contribution in [0.3, 0.4) is 0 Å². The van der Waals surface area contributed by atoms with E-state index in [0.29, 0.717) is 0 Å². The predicted octanol–water partition coefficient (Wildman–Crippen LogP) is 1.97. The first-order chi connectivity index (χ1) is 8.08. The van der Waals surface area contributed by atoms with Crippen molar-refractivity contribution in [3.63, 3.8) is 0 Å². The van der Waals surface area contributed by atoms with E-state index in [1.807, 2.05) is 6.92 Å². The molecule has 0 aromatic carbocycles. The summed E-state index contributed by atoms with van der Waals surface area (Å²) < 4.78 is 0. The predicted molar refractivity (Wildman–Crippen MR) is 66.1 cm³/mol. The summed E-state index contributed by atoms with van der Waals surface area (Å²) in [6.07, 6.45) is 1.32. The number of hydrogen-bond donors (Lipinski definition) is 2. The first-order valence-electron chi connectivity index (χ1n) is 5.31. The van der Waals surface area contributed by atoms with Gasteiger partial charge in [0.15, 0.2) is 0 Å². The first-order valence-corrected chi connectivity index (χ1v) is 6.12. The minimum atomic E-state index is -0.238. The molecule has 1 amide bonds. The number of amides is 1. The van der Waals surface area contributed by atoms with E-state index >= 15 is 0 Å². The summed E-state index contributed by atoms with van der Waals surface area (Å²) >= 11 is 1.74. The van der Waals surface area contributed by atoms with Gasteiger partial charge in [-0.25, -0.2) is 4.98 Å². The van der Waals surface area contributed by atoms with Crippen molar-refractivity contribution in [2.75, 3.05) is 0 Å². The summed E-state index contributed by atoms with van der Waals surface area (Å²) in [6.45, 7) is 6.08. The number of rotatable bonds is 3. The highest BCUT2D eigenvalue weighted by atomic mass is 32.1. The van der Waals surface area contributed by atoms with Gasteiger partial charge in [0.1, 0.15) is 6.33 Å². The monoisotopic (exact) mass is 250 g/mol. The Labute approximate surface area is 103 Å². The fourth-order valence-corrected chi connectivity index (χ4v) is 2.76. The summed E-state index contributed by atoms with van der Waals surface area (Å²) in [4.78, 5) is 18.1. The molecule has 2 aromatic rings. The van der Waals surface area contributed by atoms with Gasteiger partial charge in [0.05, 0.1) is 6.04 Å². The average molecular weight is 250 g/mol. The maximum Gasteiger partial charge on any atom is 0.289 e. The number of aromatic nitrogens is 3. The number of thiophene rings is 1. The molecule has 0 aliphatic carbocycles. The molecule has 0 spiro atoms. The third-order valence-corrected chi connectivity index (χ3v) is 3.51. The lowest BCUT2D eigenvalue weighted by atomic mass is 10.1. The molecule has 0 fully saturated rings.